The molecule has 5 aromatic rings. The first-order chi connectivity index (χ1) is 21.2. The third-order valence-corrected chi connectivity index (χ3v) is 8.97. The van der Waals surface area contributed by atoms with E-state index in [-0.39, 0.29) is 22.2 Å². The molecule has 44 heavy (non-hydrogen) atoms. The fraction of sp³-hybridized carbons (Fsp3) is 0.114. The van der Waals surface area contributed by atoms with E-state index in [0.717, 1.165) is 11.1 Å². The third-order valence-electron chi connectivity index (χ3n) is 7.60. The van der Waals surface area contributed by atoms with Crippen LogP contribution in [0.4, 0.5) is 21.5 Å². The number of sulfonamides is 1. The van der Waals surface area contributed by atoms with Crippen molar-refractivity contribution < 1.29 is 22.3 Å². The second-order valence-electron chi connectivity index (χ2n) is 10.6. The minimum Gasteiger partial charge on any atom is -0.497 e. The highest BCUT2D eigenvalue weighted by atomic mass is 32.2. The van der Waals surface area contributed by atoms with Gasteiger partial charge in [0.25, 0.3) is 15.9 Å². The minimum atomic E-state index is -4.05. The molecular formula is C35H30FN3O4S. The number of nitrogens with zero attached hydrogens (tertiary/aromatic N) is 2. The number of amides is 1. The average Bonchev–Trinajstić information content (AvgIpc) is 3.04. The number of benzene rings is 5. The number of hydrogen-bond acceptors (Lipinski definition) is 5. The second-order valence-corrected chi connectivity index (χ2v) is 12.2. The molecule has 0 bridgehead atoms. The molecule has 0 saturated heterocycles. The van der Waals surface area contributed by atoms with E-state index in [1.165, 1.54) is 31.4 Å². The molecule has 1 N–H and O–H groups in total. The zero-order valence-electron chi connectivity index (χ0n) is 24.1. The lowest BCUT2D eigenvalue weighted by atomic mass is 9.99. The van der Waals surface area contributed by atoms with Crippen molar-refractivity contribution in [3.05, 3.63) is 149 Å². The van der Waals surface area contributed by atoms with Crippen molar-refractivity contribution in [1.82, 2.24) is 0 Å². The van der Waals surface area contributed by atoms with Crippen molar-refractivity contribution in [2.24, 2.45) is 0 Å². The summed E-state index contributed by atoms with van der Waals surface area (Å²) in [6.45, 7) is 2.37. The fourth-order valence-corrected chi connectivity index (χ4v) is 6.45. The Morgan fingerprint density at radius 1 is 0.841 bits per heavy atom. The summed E-state index contributed by atoms with van der Waals surface area (Å²) in [4.78, 5) is 18.1. The SMILES string of the molecule is COc1ccc(NS(=O)(=O)c2ccc3c(c2)C(=O)N(c2ccc(C)cc2)[C@@H](c2ccc(F)cc2)N3Cc2ccccc2)cc1. The molecule has 1 aliphatic rings. The van der Waals surface area contributed by atoms with E-state index in [0.29, 0.717) is 34.9 Å². The molecular weight excluding hydrogens is 577 g/mol. The molecule has 0 spiro atoms. The highest BCUT2D eigenvalue weighted by Gasteiger charge is 2.40. The lowest BCUT2D eigenvalue weighted by molar-refractivity contribution is 0.0968. The molecule has 0 aliphatic carbocycles. The van der Waals surface area contributed by atoms with Gasteiger partial charge in [-0.2, -0.15) is 0 Å². The second kappa shape index (κ2) is 11.9. The number of methoxy groups -OCH3 is 1. The van der Waals surface area contributed by atoms with Crippen molar-refractivity contribution >= 4 is 33.0 Å². The Morgan fingerprint density at radius 2 is 1.52 bits per heavy atom. The summed E-state index contributed by atoms with van der Waals surface area (Å²) in [5, 5.41) is 0. The molecule has 7 nitrogen and oxygen atoms in total. The van der Waals surface area contributed by atoms with Gasteiger partial charge in [0, 0.05) is 17.9 Å². The molecule has 1 heterocycles. The van der Waals surface area contributed by atoms with Gasteiger partial charge in [-0.05, 0) is 84.8 Å². The van der Waals surface area contributed by atoms with Crippen molar-refractivity contribution in [3.8, 4) is 5.75 Å². The van der Waals surface area contributed by atoms with E-state index in [1.54, 1.807) is 47.4 Å². The van der Waals surface area contributed by atoms with Gasteiger partial charge in [0.1, 0.15) is 17.7 Å². The van der Waals surface area contributed by atoms with E-state index in [4.69, 9.17) is 4.74 Å². The molecule has 0 fully saturated rings. The van der Waals surface area contributed by atoms with Gasteiger partial charge in [-0.25, -0.2) is 12.8 Å². The maximum absolute atomic E-state index is 14.5. The molecule has 5 aromatic carbocycles. The quantitative estimate of drug-likeness (QED) is 0.200. The molecule has 9 heteroatoms. The van der Waals surface area contributed by atoms with Crippen LogP contribution in [0.15, 0.2) is 126 Å². The Kier molecular flexibility index (Phi) is 7.80. The van der Waals surface area contributed by atoms with Crippen LogP contribution in [0.25, 0.3) is 0 Å². The van der Waals surface area contributed by atoms with Gasteiger partial charge in [0.15, 0.2) is 0 Å². The number of hydrogen-bond donors (Lipinski definition) is 1. The van der Waals surface area contributed by atoms with E-state index in [2.05, 4.69) is 4.72 Å². The summed E-state index contributed by atoms with van der Waals surface area (Å²) in [5.41, 5.74) is 4.51. The van der Waals surface area contributed by atoms with Gasteiger partial charge in [0.05, 0.1) is 23.3 Å². The van der Waals surface area contributed by atoms with Gasteiger partial charge >= 0.3 is 0 Å². The first-order valence-electron chi connectivity index (χ1n) is 14.0. The van der Waals surface area contributed by atoms with Crippen LogP contribution in [0.2, 0.25) is 0 Å². The molecule has 0 unspecified atom stereocenters. The number of carbonyl (C=O) groups excluding carboxylic acids is 1. The smallest absolute Gasteiger partial charge is 0.262 e. The predicted molar refractivity (Wildman–Crippen MR) is 170 cm³/mol. The van der Waals surface area contributed by atoms with Crippen LogP contribution in [0, 0.1) is 12.7 Å². The number of aryl methyl sites for hydroxylation is 1. The summed E-state index contributed by atoms with van der Waals surface area (Å²) in [7, 11) is -2.51. The van der Waals surface area contributed by atoms with Gasteiger partial charge in [-0.1, -0.05) is 60.2 Å². The lowest BCUT2D eigenvalue weighted by Gasteiger charge is -2.46. The molecule has 1 atom stereocenters. The van der Waals surface area contributed by atoms with Crippen molar-refractivity contribution in [1.29, 1.82) is 0 Å². The number of fused-ring (bicyclic) bond motifs is 1. The van der Waals surface area contributed by atoms with Crippen molar-refractivity contribution in [3.63, 3.8) is 0 Å². The van der Waals surface area contributed by atoms with Crippen LogP contribution < -0.4 is 19.3 Å². The van der Waals surface area contributed by atoms with Gasteiger partial charge < -0.3 is 9.64 Å². The summed E-state index contributed by atoms with van der Waals surface area (Å²) >= 11 is 0. The maximum Gasteiger partial charge on any atom is 0.262 e. The van der Waals surface area contributed by atoms with Crippen LogP contribution in [-0.4, -0.2) is 21.4 Å². The van der Waals surface area contributed by atoms with Crippen molar-refractivity contribution in [2.45, 2.75) is 24.5 Å². The van der Waals surface area contributed by atoms with Crippen LogP contribution in [0.3, 0.4) is 0 Å². The van der Waals surface area contributed by atoms with Gasteiger partial charge in [0.2, 0.25) is 0 Å². The van der Waals surface area contributed by atoms with Crippen LogP contribution in [-0.2, 0) is 16.6 Å². The van der Waals surface area contributed by atoms with E-state index < -0.39 is 16.2 Å². The molecule has 0 aromatic heterocycles. The van der Waals surface area contributed by atoms with E-state index >= 15 is 0 Å². The summed E-state index contributed by atoms with van der Waals surface area (Å²) in [6, 6.07) is 34.6. The monoisotopic (exact) mass is 607 g/mol. The zero-order chi connectivity index (χ0) is 30.8. The molecule has 222 valence electrons. The number of ether oxygens (including phenoxy) is 1. The number of anilines is 3. The first kappa shape index (κ1) is 28.9. The fourth-order valence-electron chi connectivity index (χ4n) is 5.37. The standard InChI is InChI=1S/C35H30FN3O4S/c1-24-8-16-29(17-9-24)39-34(26-10-12-27(36)13-11-26)38(23-25-6-4-3-5-7-25)33-21-20-31(22-32(33)35(39)40)44(41,42)37-28-14-18-30(43-2)19-15-28/h3-22,34,37H,23H2,1-2H3/t34-/m0/s1. The summed E-state index contributed by atoms with van der Waals surface area (Å²) in [6.07, 6.45) is -0.640. The first-order valence-corrected chi connectivity index (χ1v) is 15.5. The van der Waals surface area contributed by atoms with Crippen LogP contribution >= 0.6 is 0 Å². The molecule has 1 aliphatic heterocycles. The Bertz CT molecular complexity index is 1900. The minimum absolute atomic E-state index is 0.0517. The molecule has 0 saturated carbocycles. The Labute approximate surface area is 256 Å². The Balaban J connectivity index is 1.50. The largest absolute Gasteiger partial charge is 0.497 e. The highest BCUT2D eigenvalue weighted by Crippen LogP contribution is 2.43. The molecule has 0 radical (unpaired) electrons. The topological polar surface area (TPSA) is 78.9 Å². The lowest BCUT2D eigenvalue weighted by Crippen LogP contribution is -2.49. The number of nitrogens with one attached hydrogen (secondary N) is 1. The summed E-state index contributed by atoms with van der Waals surface area (Å²) < 4.78 is 48.8. The maximum atomic E-state index is 14.5. The average molecular weight is 608 g/mol. The van der Waals surface area contributed by atoms with Gasteiger partial charge in [-0.15, -0.1) is 0 Å². The van der Waals surface area contributed by atoms with Gasteiger partial charge in [-0.3, -0.25) is 14.4 Å². The third kappa shape index (κ3) is 5.74. The number of rotatable bonds is 8. The predicted octanol–water partition coefficient (Wildman–Crippen LogP) is 7.31. The Hall–Kier alpha value is -5.15. The Morgan fingerprint density at radius 3 is 2.18 bits per heavy atom. The summed E-state index contributed by atoms with van der Waals surface area (Å²) in [5.74, 6) is -0.159. The molecule has 1 amide bonds. The van der Waals surface area contributed by atoms with E-state index in [9.17, 15) is 17.6 Å². The zero-order valence-corrected chi connectivity index (χ0v) is 25.0. The van der Waals surface area contributed by atoms with E-state index in [1.807, 2.05) is 66.4 Å². The molecule has 6 rings (SSSR count). The normalized spacial score (nSPS) is 14.7. The highest BCUT2D eigenvalue weighted by molar-refractivity contribution is 7.92. The van der Waals surface area contributed by atoms with Crippen LogP contribution in [0.1, 0.15) is 33.2 Å². The number of halogens is 1. The number of carbonyl (C=O) groups is 1. The van der Waals surface area contributed by atoms with Crippen molar-refractivity contribution in [2.75, 3.05) is 21.6 Å². The van der Waals surface area contributed by atoms with Crippen LogP contribution in [0.5, 0.6) is 5.75 Å².